The van der Waals surface area contributed by atoms with E-state index in [0.717, 1.165) is 13.1 Å². The maximum Gasteiger partial charge on any atom is 0.249 e. The van der Waals surface area contributed by atoms with Crippen molar-refractivity contribution >= 4 is 5.69 Å². The zero-order chi connectivity index (χ0) is 10.0. The molecule has 1 aromatic carbocycles. The lowest BCUT2D eigenvalue weighted by atomic mass is 10.1. The van der Waals surface area contributed by atoms with Crippen molar-refractivity contribution in [2.45, 2.75) is 6.92 Å². The number of likely N-dealkylation sites (N-methyl/N-ethyl adjacent to an activating group) is 2. The molecular weight excluding hydrogens is 168 g/mol. The van der Waals surface area contributed by atoms with Crippen LogP contribution >= 0.6 is 0 Å². The molecule has 4 nitrogen and oxygen atoms in total. The third-order valence-electron chi connectivity index (χ3n) is 2.20. The zero-order valence-electron chi connectivity index (χ0n) is 8.18. The summed E-state index contributed by atoms with van der Waals surface area (Å²) in [6.45, 7) is 3.23. The molecule has 0 radical (unpaired) electrons. The second kappa shape index (κ2) is 3.70. The van der Waals surface area contributed by atoms with Crippen LogP contribution in [0.1, 0.15) is 5.56 Å². The fourth-order valence-electron chi connectivity index (χ4n) is 1.34. The van der Waals surface area contributed by atoms with E-state index in [0.29, 0.717) is 11.3 Å². The van der Waals surface area contributed by atoms with E-state index in [2.05, 4.69) is 5.32 Å². The van der Waals surface area contributed by atoms with Gasteiger partial charge in [0.15, 0.2) is 0 Å². The van der Waals surface area contributed by atoms with E-state index in [-0.39, 0.29) is 10.9 Å². The van der Waals surface area contributed by atoms with Crippen molar-refractivity contribution in [2.75, 3.05) is 32.1 Å². The van der Waals surface area contributed by atoms with Crippen LogP contribution < -0.4 is 21.1 Å². The van der Waals surface area contributed by atoms with Gasteiger partial charge in [0.25, 0.3) is 0 Å². The van der Waals surface area contributed by atoms with Crippen molar-refractivity contribution in [3.8, 4) is 0 Å². The van der Waals surface area contributed by atoms with Gasteiger partial charge in [0.1, 0.15) is 0 Å². The summed E-state index contributed by atoms with van der Waals surface area (Å²) < 4.78 is 0. The third kappa shape index (κ3) is 1.62. The minimum atomic E-state index is -0.351. The number of rotatable bonds is 4. The number of nitrogens with zero attached hydrogens (tertiary/aromatic N) is 1. The fourth-order valence-corrected chi connectivity index (χ4v) is 1.34. The maximum absolute atomic E-state index is 11.1. The van der Waals surface area contributed by atoms with Crippen molar-refractivity contribution in [1.29, 1.82) is 0 Å². The molecule has 0 amide bonds. The van der Waals surface area contributed by atoms with Gasteiger partial charge in [-0.05, 0) is 14.0 Å². The third-order valence-corrected chi connectivity index (χ3v) is 2.20. The molecule has 0 aliphatic rings. The molecular formula is C9H14N2O2. The van der Waals surface area contributed by atoms with Crippen LogP contribution in [0.5, 0.6) is 0 Å². The van der Waals surface area contributed by atoms with Crippen LogP contribution in [0.3, 0.4) is 0 Å². The molecule has 0 saturated heterocycles. The molecule has 0 aliphatic carbocycles. The van der Waals surface area contributed by atoms with Gasteiger partial charge in [-0.25, -0.2) is 0 Å². The van der Waals surface area contributed by atoms with E-state index in [1.54, 1.807) is 6.92 Å². The Balaban J connectivity index is 2.74. The summed E-state index contributed by atoms with van der Waals surface area (Å²) in [6, 6.07) is 0. The summed E-state index contributed by atoms with van der Waals surface area (Å²) in [5.41, 5.74) is 0.464. The minimum absolute atomic E-state index is 0.341. The van der Waals surface area contributed by atoms with E-state index in [4.69, 9.17) is 0 Å². The second-order valence-electron chi connectivity index (χ2n) is 3.16. The molecule has 0 heterocycles. The van der Waals surface area contributed by atoms with Crippen LogP contribution in [-0.4, -0.2) is 27.2 Å². The molecule has 0 atom stereocenters. The Labute approximate surface area is 76.9 Å². The Hall–Kier alpha value is -1.16. The maximum atomic E-state index is 11.1. The molecule has 0 unspecified atom stereocenters. The Kier molecular flexibility index (Phi) is 2.83. The molecule has 72 valence electrons. The molecule has 0 saturated carbocycles. The van der Waals surface area contributed by atoms with Crippen LogP contribution in [0.4, 0.5) is 5.69 Å². The highest BCUT2D eigenvalue weighted by Gasteiger charge is 2.19. The Bertz CT molecular complexity index is 363. The first-order valence-corrected chi connectivity index (χ1v) is 4.25. The van der Waals surface area contributed by atoms with Gasteiger partial charge in [-0.2, -0.15) is 0 Å². The number of nitrogens with one attached hydrogen (secondary N) is 1. The zero-order valence-corrected chi connectivity index (χ0v) is 8.18. The molecule has 0 bridgehead atoms. The van der Waals surface area contributed by atoms with Gasteiger partial charge in [0, 0.05) is 25.7 Å². The standard InChI is InChI=1S/C9H14N2O2/c1-6-7(9(13)8(6)12)11(3)5-4-10-2/h10H,4-5H2,1-3H3. The highest BCUT2D eigenvalue weighted by atomic mass is 16.2. The van der Waals surface area contributed by atoms with Crippen molar-refractivity contribution in [3.63, 3.8) is 0 Å². The van der Waals surface area contributed by atoms with Crippen LogP contribution in [-0.2, 0) is 0 Å². The highest BCUT2D eigenvalue weighted by molar-refractivity contribution is 5.57. The second-order valence-corrected chi connectivity index (χ2v) is 3.16. The summed E-state index contributed by atoms with van der Waals surface area (Å²) in [5.74, 6) is 0. The first-order chi connectivity index (χ1) is 6.09. The first kappa shape index (κ1) is 9.92. The van der Waals surface area contributed by atoms with Gasteiger partial charge in [-0.15, -0.1) is 0 Å². The fraction of sp³-hybridized carbons (Fsp3) is 0.556. The van der Waals surface area contributed by atoms with Gasteiger partial charge in [-0.1, -0.05) is 0 Å². The average molecular weight is 182 g/mol. The topological polar surface area (TPSA) is 49.4 Å². The molecule has 13 heavy (non-hydrogen) atoms. The van der Waals surface area contributed by atoms with E-state index < -0.39 is 0 Å². The SMILES string of the molecule is CNCCN(C)c1c(C)c(=O)c1=O. The summed E-state index contributed by atoms with van der Waals surface area (Å²) in [5, 5.41) is 2.98. The molecule has 1 N–H and O–H groups in total. The average Bonchev–Trinajstić information content (AvgIpc) is 2.14. The first-order valence-electron chi connectivity index (χ1n) is 4.25. The predicted octanol–water partition coefficient (Wildman–Crippen LogP) is -0.753. The number of hydrogen-bond donors (Lipinski definition) is 1. The van der Waals surface area contributed by atoms with Crippen molar-refractivity contribution in [1.82, 2.24) is 5.32 Å². The lowest BCUT2D eigenvalue weighted by Gasteiger charge is -2.21. The van der Waals surface area contributed by atoms with E-state index in [9.17, 15) is 9.59 Å². The van der Waals surface area contributed by atoms with Gasteiger partial charge in [0.2, 0.25) is 10.9 Å². The molecule has 0 aliphatic heterocycles. The van der Waals surface area contributed by atoms with E-state index >= 15 is 0 Å². The van der Waals surface area contributed by atoms with Crippen LogP contribution in [0, 0.1) is 6.92 Å². The Morgan fingerprint density at radius 3 is 2.38 bits per heavy atom. The van der Waals surface area contributed by atoms with Gasteiger partial charge in [0.05, 0.1) is 5.69 Å². The van der Waals surface area contributed by atoms with Gasteiger partial charge < -0.3 is 10.2 Å². The smallest absolute Gasteiger partial charge is 0.249 e. The quantitative estimate of drug-likeness (QED) is 0.622. The van der Waals surface area contributed by atoms with Crippen LogP contribution in [0.2, 0.25) is 0 Å². The molecule has 1 aromatic rings. The molecule has 0 aromatic heterocycles. The lowest BCUT2D eigenvalue weighted by molar-refractivity contribution is 0.762. The monoisotopic (exact) mass is 182 g/mol. The summed E-state index contributed by atoms with van der Waals surface area (Å²) in [7, 11) is 3.67. The summed E-state index contributed by atoms with van der Waals surface area (Å²) >= 11 is 0. The molecule has 1 rings (SSSR count). The van der Waals surface area contributed by atoms with E-state index in [1.807, 2.05) is 19.0 Å². The predicted molar refractivity (Wildman–Crippen MR) is 53.3 cm³/mol. The van der Waals surface area contributed by atoms with Gasteiger partial charge in [-0.3, -0.25) is 9.59 Å². The molecule has 0 fully saturated rings. The minimum Gasteiger partial charge on any atom is -0.370 e. The molecule has 4 heteroatoms. The number of hydrogen-bond acceptors (Lipinski definition) is 4. The van der Waals surface area contributed by atoms with E-state index in [1.165, 1.54) is 0 Å². The van der Waals surface area contributed by atoms with Crippen molar-refractivity contribution in [2.24, 2.45) is 0 Å². The molecule has 0 spiro atoms. The Morgan fingerprint density at radius 1 is 1.31 bits per heavy atom. The Morgan fingerprint density at radius 2 is 1.92 bits per heavy atom. The highest BCUT2D eigenvalue weighted by Crippen LogP contribution is 2.09. The number of anilines is 1. The summed E-state index contributed by atoms with van der Waals surface area (Å²) in [4.78, 5) is 23.8. The van der Waals surface area contributed by atoms with Crippen molar-refractivity contribution in [3.05, 3.63) is 26.0 Å². The normalized spacial score (nSPS) is 10.7. The van der Waals surface area contributed by atoms with Crippen molar-refractivity contribution < 1.29 is 0 Å². The van der Waals surface area contributed by atoms with Crippen LogP contribution in [0.15, 0.2) is 9.59 Å². The summed E-state index contributed by atoms with van der Waals surface area (Å²) in [6.07, 6.45) is 0. The largest absolute Gasteiger partial charge is 0.370 e. The lowest BCUT2D eigenvalue weighted by Crippen LogP contribution is -2.42. The van der Waals surface area contributed by atoms with Gasteiger partial charge >= 0.3 is 0 Å². The van der Waals surface area contributed by atoms with Crippen LogP contribution in [0.25, 0.3) is 0 Å².